The van der Waals surface area contributed by atoms with Crippen LogP contribution in [0.15, 0.2) is 60.7 Å². The van der Waals surface area contributed by atoms with Gasteiger partial charge in [0.1, 0.15) is 13.2 Å². The van der Waals surface area contributed by atoms with E-state index in [1.165, 1.54) is 0 Å². The number of hydroxylamine groups is 4. The summed E-state index contributed by atoms with van der Waals surface area (Å²) in [5.41, 5.74) is 2.15. The van der Waals surface area contributed by atoms with Crippen molar-refractivity contribution in [3.05, 3.63) is 89.1 Å². The van der Waals surface area contributed by atoms with E-state index >= 15 is 0 Å². The second-order valence-electron chi connectivity index (χ2n) is 5.76. The summed E-state index contributed by atoms with van der Waals surface area (Å²) >= 11 is 0. The van der Waals surface area contributed by atoms with Gasteiger partial charge in [-0.2, -0.15) is 0 Å². The molecule has 4 nitrogen and oxygen atoms in total. The Morgan fingerprint density at radius 1 is 0.957 bits per heavy atom. The van der Waals surface area contributed by atoms with Gasteiger partial charge in [-0.05, 0) is 5.56 Å². The maximum Gasteiger partial charge on any atom is 0.197 e. The van der Waals surface area contributed by atoms with E-state index in [4.69, 9.17) is 4.84 Å². The molecule has 3 rings (SSSR count). The zero-order valence-corrected chi connectivity index (χ0v) is 13.5. The highest BCUT2D eigenvalue weighted by Gasteiger charge is 2.27. The SMILES string of the molecule is C[C-]1[C-](C)[N+]([O-])(OCc2ccccc2)C=[N+]1Cc1ccccc1. The average Bonchev–Trinajstić information content (AvgIpc) is 2.80. The standard InChI is InChI=1S/C19H21N2O2/c1-16-17(2)21(22,23-14-19-11-7-4-8-12-19)15-20(16)13-18-9-5-3-6-10-18/h3-12,15H,13-14H2,1-2H3/q-1. The van der Waals surface area contributed by atoms with Crippen molar-refractivity contribution in [2.24, 2.45) is 0 Å². The summed E-state index contributed by atoms with van der Waals surface area (Å²) in [5.74, 6) is 0. The zero-order chi connectivity index (χ0) is 16.3. The highest BCUT2D eigenvalue weighted by atomic mass is 16.9. The monoisotopic (exact) mass is 309 g/mol. The van der Waals surface area contributed by atoms with Crippen molar-refractivity contribution in [1.29, 1.82) is 0 Å². The molecule has 1 aliphatic heterocycles. The topological polar surface area (TPSA) is 35.3 Å². The molecule has 0 fully saturated rings. The summed E-state index contributed by atoms with van der Waals surface area (Å²) in [5, 5.41) is 13.0. The van der Waals surface area contributed by atoms with Crippen molar-refractivity contribution >= 4 is 6.34 Å². The average molecular weight is 309 g/mol. The molecule has 0 aliphatic carbocycles. The molecule has 0 bridgehead atoms. The van der Waals surface area contributed by atoms with Crippen LogP contribution in [0.4, 0.5) is 0 Å². The first-order chi connectivity index (χ1) is 11.1. The van der Waals surface area contributed by atoms with E-state index in [1.807, 2.05) is 67.0 Å². The fraction of sp³-hybridized carbons (Fsp3) is 0.211. The third kappa shape index (κ3) is 3.45. The number of quaternary nitrogens is 1. The van der Waals surface area contributed by atoms with E-state index in [0.29, 0.717) is 12.6 Å². The second-order valence-corrected chi connectivity index (χ2v) is 5.76. The first kappa shape index (κ1) is 15.7. The molecule has 0 aromatic heterocycles. The third-order valence-electron chi connectivity index (χ3n) is 4.17. The van der Waals surface area contributed by atoms with Gasteiger partial charge in [-0.15, -0.1) is 6.92 Å². The molecule has 1 atom stereocenters. The number of hydrogen-bond donors (Lipinski definition) is 0. The fourth-order valence-corrected chi connectivity index (χ4v) is 2.60. The minimum atomic E-state index is -0.854. The lowest BCUT2D eigenvalue weighted by Crippen LogP contribution is -2.40. The van der Waals surface area contributed by atoms with Gasteiger partial charge in [-0.3, -0.25) is 0 Å². The van der Waals surface area contributed by atoms with E-state index in [0.717, 1.165) is 17.2 Å². The predicted octanol–water partition coefficient (Wildman–Crippen LogP) is 3.79. The Hall–Kier alpha value is -2.14. The molecule has 1 heterocycles. The summed E-state index contributed by atoms with van der Waals surface area (Å²) in [6.45, 7) is 4.74. The van der Waals surface area contributed by atoms with Crippen LogP contribution in [-0.4, -0.2) is 15.7 Å². The van der Waals surface area contributed by atoms with E-state index < -0.39 is 4.81 Å². The Morgan fingerprint density at radius 2 is 1.52 bits per heavy atom. The van der Waals surface area contributed by atoms with Crippen LogP contribution in [0.5, 0.6) is 0 Å². The van der Waals surface area contributed by atoms with Crippen LogP contribution in [0.2, 0.25) is 0 Å². The van der Waals surface area contributed by atoms with Gasteiger partial charge in [0.15, 0.2) is 6.34 Å². The normalized spacial score (nSPS) is 21.5. The van der Waals surface area contributed by atoms with Crippen LogP contribution >= 0.6 is 0 Å². The summed E-state index contributed by atoms with van der Waals surface area (Å²) in [4.78, 5) is 4.80. The summed E-state index contributed by atoms with van der Waals surface area (Å²) in [7, 11) is 0. The molecule has 0 N–H and O–H groups in total. The van der Waals surface area contributed by atoms with Crippen LogP contribution in [0.1, 0.15) is 25.0 Å². The van der Waals surface area contributed by atoms with Crippen molar-refractivity contribution in [2.45, 2.75) is 27.0 Å². The Labute approximate surface area is 137 Å². The van der Waals surface area contributed by atoms with Crippen LogP contribution in [0.3, 0.4) is 0 Å². The molecule has 120 valence electrons. The smallest absolute Gasteiger partial charge is 0.197 e. The number of hydrogen-bond acceptors (Lipinski definition) is 2. The van der Waals surface area contributed by atoms with Gasteiger partial charge >= 0.3 is 0 Å². The lowest BCUT2D eigenvalue weighted by molar-refractivity contribution is -0.981. The van der Waals surface area contributed by atoms with Gasteiger partial charge in [-0.25, -0.2) is 4.84 Å². The Morgan fingerprint density at radius 3 is 2.13 bits per heavy atom. The van der Waals surface area contributed by atoms with Gasteiger partial charge in [0.05, 0.1) is 0 Å². The largest absolute Gasteiger partial charge is 0.634 e. The van der Waals surface area contributed by atoms with E-state index in [-0.39, 0.29) is 6.61 Å². The van der Waals surface area contributed by atoms with Crippen molar-refractivity contribution < 1.29 is 14.2 Å². The molecule has 2 aromatic carbocycles. The van der Waals surface area contributed by atoms with Crippen molar-refractivity contribution in [2.75, 3.05) is 0 Å². The van der Waals surface area contributed by atoms with E-state index in [1.54, 1.807) is 6.34 Å². The molecule has 23 heavy (non-hydrogen) atoms. The van der Waals surface area contributed by atoms with Gasteiger partial charge in [0, 0.05) is 5.56 Å². The molecule has 4 heteroatoms. The van der Waals surface area contributed by atoms with Crippen molar-refractivity contribution in [3.8, 4) is 0 Å². The molecule has 0 amide bonds. The number of benzene rings is 2. The highest BCUT2D eigenvalue weighted by Crippen LogP contribution is 2.34. The van der Waals surface area contributed by atoms with Crippen LogP contribution in [0.25, 0.3) is 0 Å². The van der Waals surface area contributed by atoms with E-state index in [9.17, 15) is 5.21 Å². The van der Waals surface area contributed by atoms with Gasteiger partial charge in [0.2, 0.25) is 0 Å². The lowest BCUT2D eigenvalue weighted by Gasteiger charge is -2.49. The number of rotatable bonds is 5. The van der Waals surface area contributed by atoms with Crippen LogP contribution in [-0.2, 0) is 18.0 Å². The lowest BCUT2D eigenvalue weighted by atomic mass is 10.1. The second kappa shape index (κ2) is 6.54. The summed E-state index contributed by atoms with van der Waals surface area (Å²) in [6.07, 6.45) is 1.60. The van der Waals surface area contributed by atoms with E-state index in [2.05, 4.69) is 12.1 Å². The maximum absolute atomic E-state index is 13.0. The van der Waals surface area contributed by atoms with Gasteiger partial charge in [0.25, 0.3) is 0 Å². The Bertz CT molecular complexity index is 672. The Balaban J connectivity index is 1.73. The zero-order valence-electron chi connectivity index (χ0n) is 13.5. The Kier molecular flexibility index (Phi) is 4.48. The highest BCUT2D eigenvalue weighted by molar-refractivity contribution is 5.45. The fourth-order valence-electron chi connectivity index (χ4n) is 2.60. The predicted molar refractivity (Wildman–Crippen MR) is 89.2 cm³/mol. The molecule has 0 saturated carbocycles. The molecule has 0 radical (unpaired) electrons. The molecular weight excluding hydrogens is 288 g/mol. The third-order valence-corrected chi connectivity index (χ3v) is 4.17. The quantitative estimate of drug-likeness (QED) is 0.364. The summed E-state index contributed by atoms with van der Waals surface area (Å²) in [6, 6.07) is 21.4. The van der Waals surface area contributed by atoms with Crippen molar-refractivity contribution in [1.82, 2.24) is 0 Å². The molecule has 2 aromatic rings. The number of nitrogens with zero attached hydrogens (tertiary/aromatic N) is 2. The van der Waals surface area contributed by atoms with Gasteiger partial charge < -0.3 is 14.6 Å². The molecule has 0 saturated heterocycles. The minimum absolute atomic E-state index is 0.282. The first-order valence-electron chi connectivity index (χ1n) is 7.71. The van der Waals surface area contributed by atoms with Crippen LogP contribution < -0.4 is 0 Å². The minimum Gasteiger partial charge on any atom is -0.634 e. The first-order valence-corrected chi connectivity index (χ1v) is 7.71. The van der Waals surface area contributed by atoms with Gasteiger partial charge in [-0.1, -0.05) is 79.7 Å². The summed E-state index contributed by atoms with van der Waals surface area (Å²) < 4.78 is 1.96. The molecular formula is C19H21N2O2-. The maximum atomic E-state index is 13.0. The molecule has 1 unspecified atom stereocenters. The molecule has 1 aliphatic rings. The van der Waals surface area contributed by atoms with Crippen molar-refractivity contribution in [3.63, 3.8) is 0 Å². The molecule has 0 spiro atoms. The van der Waals surface area contributed by atoms with Crippen LogP contribution in [0, 0.1) is 17.3 Å².